The van der Waals surface area contributed by atoms with Gasteiger partial charge in [0.05, 0.1) is 23.5 Å². The first-order valence-corrected chi connectivity index (χ1v) is 22.7. The van der Waals surface area contributed by atoms with Crippen LogP contribution in [0.15, 0.2) is 35.7 Å². The summed E-state index contributed by atoms with van der Waals surface area (Å²) in [4.78, 5) is 56.6. The van der Waals surface area contributed by atoms with Gasteiger partial charge in [-0.1, -0.05) is 67.9 Å². The van der Waals surface area contributed by atoms with Gasteiger partial charge in [-0.25, -0.2) is 0 Å². The van der Waals surface area contributed by atoms with Crippen LogP contribution in [0.3, 0.4) is 0 Å². The predicted molar refractivity (Wildman–Crippen MR) is 227 cm³/mol. The molecular formula is C49H73N3O7. The second kappa shape index (κ2) is 14.8. The minimum Gasteiger partial charge on any atom is -0.481 e. The normalized spacial score (nSPS) is 38.9. The third kappa shape index (κ3) is 6.74. The topological polar surface area (TPSA) is 155 Å². The van der Waals surface area contributed by atoms with Gasteiger partial charge in [0.15, 0.2) is 5.78 Å². The number of carboxylic acids is 1. The molecule has 1 amide bonds. The lowest BCUT2D eigenvalue weighted by Gasteiger charge is -2.72. The van der Waals surface area contributed by atoms with Crippen molar-refractivity contribution < 1.29 is 34.1 Å². The van der Waals surface area contributed by atoms with E-state index in [4.69, 9.17) is 4.74 Å². The Labute approximate surface area is 352 Å². The fourth-order valence-electron chi connectivity index (χ4n) is 14.9. The van der Waals surface area contributed by atoms with Crippen molar-refractivity contribution in [1.29, 1.82) is 0 Å². The van der Waals surface area contributed by atoms with Crippen LogP contribution in [0.4, 0.5) is 0 Å². The van der Waals surface area contributed by atoms with E-state index in [0.717, 1.165) is 56.9 Å². The molecule has 5 saturated carbocycles. The molecule has 11 atom stereocenters. The van der Waals surface area contributed by atoms with Gasteiger partial charge in [0, 0.05) is 48.3 Å². The third-order valence-corrected chi connectivity index (χ3v) is 18.5. The molecule has 0 radical (unpaired) electrons. The van der Waals surface area contributed by atoms with Crippen molar-refractivity contribution in [3.8, 4) is 0 Å². The summed E-state index contributed by atoms with van der Waals surface area (Å²) in [6, 6.07) is 3.49. The molecule has 0 saturated heterocycles. The van der Waals surface area contributed by atoms with Gasteiger partial charge in [-0.05, 0) is 135 Å². The summed E-state index contributed by atoms with van der Waals surface area (Å²) >= 11 is 0. The maximum absolute atomic E-state index is 14.2. The predicted octanol–water partition coefficient (Wildman–Crippen LogP) is 8.18. The fourth-order valence-corrected chi connectivity index (χ4v) is 14.9. The molecule has 10 heteroatoms. The molecule has 6 aliphatic carbocycles. The minimum atomic E-state index is -0.838. The number of nitrogens with one attached hydrogen (secondary N) is 2. The Hall–Kier alpha value is -3.11. The average molecular weight is 816 g/mol. The molecule has 1 heterocycles. The highest BCUT2D eigenvalue weighted by atomic mass is 16.5. The van der Waals surface area contributed by atoms with Crippen LogP contribution in [0, 0.1) is 68.0 Å². The molecule has 4 N–H and O–H groups in total. The van der Waals surface area contributed by atoms with Crippen molar-refractivity contribution in [2.45, 2.75) is 158 Å². The molecule has 1 aromatic rings. The summed E-state index contributed by atoms with van der Waals surface area (Å²) in [5.74, 6) is -0.868. The number of pyridine rings is 1. The zero-order chi connectivity index (χ0) is 43.3. The van der Waals surface area contributed by atoms with E-state index in [0.29, 0.717) is 43.3 Å². The third-order valence-electron chi connectivity index (χ3n) is 18.5. The lowest BCUT2D eigenvalue weighted by Crippen LogP contribution is -2.66. The summed E-state index contributed by atoms with van der Waals surface area (Å²) in [6.07, 6.45) is 10.6. The number of fused-ring (bicyclic) bond motifs is 7. The van der Waals surface area contributed by atoms with Crippen LogP contribution in [-0.2, 0) is 19.1 Å². The largest absolute Gasteiger partial charge is 0.481 e. The molecule has 10 nitrogen and oxygen atoms in total. The Bertz CT molecular complexity index is 1890. The van der Waals surface area contributed by atoms with Crippen LogP contribution in [0.5, 0.6) is 0 Å². The molecule has 1 aromatic heterocycles. The second-order valence-corrected chi connectivity index (χ2v) is 22.9. The smallest absolute Gasteiger partial charge is 0.309 e. The summed E-state index contributed by atoms with van der Waals surface area (Å²) in [5, 5.41) is 28.6. The number of aromatic nitrogens is 1. The number of aliphatic hydroxyl groups is 1. The number of Topliss-reactive ketones (excluding diaryl/α,β-unsaturated/α-hetero) is 1. The number of aliphatic hydroxyl groups excluding tert-OH is 1. The first-order valence-electron chi connectivity index (χ1n) is 22.7. The molecule has 0 spiro atoms. The molecule has 0 aliphatic heterocycles. The van der Waals surface area contributed by atoms with Crippen LogP contribution < -0.4 is 10.6 Å². The van der Waals surface area contributed by atoms with Gasteiger partial charge >= 0.3 is 11.9 Å². The number of aliphatic carboxylic acids is 1. The maximum Gasteiger partial charge on any atom is 0.309 e. The van der Waals surface area contributed by atoms with Gasteiger partial charge in [-0.15, -0.1) is 0 Å². The monoisotopic (exact) mass is 816 g/mol. The van der Waals surface area contributed by atoms with E-state index in [1.807, 2.05) is 27.7 Å². The van der Waals surface area contributed by atoms with E-state index in [-0.39, 0.29) is 57.3 Å². The number of hydrogen-bond donors (Lipinski definition) is 4. The number of carboxylic acid groups (broad SMARTS) is 1. The highest BCUT2D eigenvalue weighted by molar-refractivity contribution is 6.01. The number of esters is 1. The Morgan fingerprint density at radius 3 is 2.25 bits per heavy atom. The van der Waals surface area contributed by atoms with Crippen LogP contribution in [0.2, 0.25) is 0 Å². The van der Waals surface area contributed by atoms with E-state index >= 15 is 0 Å². The lowest BCUT2D eigenvalue weighted by atomic mass is 9.33. The van der Waals surface area contributed by atoms with Crippen LogP contribution in [0.1, 0.15) is 151 Å². The number of nitrogens with zero attached hydrogens (tertiary/aromatic N) is 1. The van der Waals surface area contributed by atoms with Crippen molar-refractivity contribution in [3.63, 3.8) is 0 Å². The molecule has 0 aromatic carbocycles. The lowest BCUT2D eigenvalue weighted by molar-refractivity contribution is -0.238. The molecular weight excluding hydrogens is 743 g/mol. The van der Waals surface area contributed by atoms with Gasteiger partial charge in [0.2, 0.25) is 0 Å². The highest BCUT2D eigenvalue weighted by Crippen LogP contribution is 2.77. The average Bonchev–Trinajstić information content (AvgIpc) is 3.45. The van der Waals surface area contributed by atoms with E-state index in [1.54, 1.807) is 24.5 Å². The Morgan fingerprint density at radius 1 is 0.915 bits per heavy atom. The molecule has 59 heavy (non-hydrogen) atoms. The molecule has 0 unspecified atom stereocenters. The number of ketones is 1. The van der Waals surface area contributed by atoms with Crippen LogP contribution >= 0.6 is 0 Å². The van der Waals surface area contributed by atoms with Crippen molar-refractivity contribution in [2.24, 2.45) is 68.0 Å². The number of amides is 1. The number of carbonyl (C=O) groups is 4. The van der Waals surface area contributed by atoms with E-state index < -0.39 is 40.3 Å². The van der Waals surface area contributed by atoms with Crippen molar-refractivity contribution in [2.75, 3.05) is 13.1 Å². The quantitative estimate of drug-likeness (QED) is 0.162. The Balaban J connectivity index is 1.09. The number of allylic oxidation sites excluding steroid dienone is 1. The number of hydrogen-bond acceptors (Lipinski definition) is 8. The Morgan fingerprint density at radius 2 is 1.63 bits per heavy atom. The van der Waals surface area contributed by atoms with Gasteiger partial charge < -0.3 is 25.6 Å². The first-order chi connectivity index (χ1) is 27.4. The van der Waals surface area contributed by atoms with Gasteiger partial charge in [0.25, 0.3) is 5.91 Å². The molecule has 326 valence electrons. The van der Waals surface area contributed by atoms with E-state index in [1.165, 1.54) is 5.57 Å². The standard InChI is InChI=1S/C49H73N3O7/c1-28(2)38-33(53)24-49(36(54)26-51-27-43(3,4)52-40(55)29-13-12-22-50-25-29)21-20-47(10)30(39(38)49)14-15-35-46(9)18-17-37(45(7,8)34(46)16-19-48(35,47)11)59-42(58)32-23-31(41(56)57)44(32,5)6/h12-13,22,25,28,30-32,34-37,51,54H,14-21,23-24,26-27H2,1-11H3,(H,52,55)(H,56,57)/t30-,31+,32-,34+,35-,36+,37+,46+,47-,48-,49+/m1/s1. The van der Waals surface area contributed by atoms with Gasteiger partial charge in [-0.3, -0.25) is 24.2 Å². The summed E-state index contributed by atoms with van der Waals surface area (Å²) in [6.45, 7) is 25.0. The molecule has 0 bridgehead atoms. The molecule has 7 rings (SSSR count). The number of ether oxygens (including phenoxy) is 1. The highest BCUT2D eigenvalue weighted by Gasteiger charge is 2.71. The zero-order valence-corrected chi connectivity index (χ0v) is 37.8. The van der Waals surface area contributed by atoms with E-state index in [2.05, 4.69) is 64.1 Å². The summed E-state index contributed by atoms with van der Waals surface area (Å²) < 4.78 is 6.42. The Kier molecular flexibility index (Phi) is 11.0. The number of carbonyl (C=O) groups excluding carboxylic acids is 3. The second-order valence-electron chi connectivity index (χ2n) is 22.9. The summed E-state index contributed by atoms with van der Waals surface area (Å²) in [7, 11) is 0. The van der Waals surface area contributed by atoms with Crippen molar-refractivity contribution in [1.82, 2.24) is 15.6 Å². The van der Waals surface area contributed by atoms with Crippen LogP contribution in [0.25, 0.3) is 0 Å². The molecule has 6 aliphatic rings. The summed E-state index contributed by atoms with van der Waals surface area (Å²) in [5.41, 5.74) is 0.683. The maximum atomic E-state index is 14.2. The first kappa shape index (κ1) is 44.0. The molecule has 5 fully saturated rings. The van der Waals surface area contributed by atoms with Gasteiger partial charge in [0.1, 0.15) is 6.10 Å². The zero-order valence-electron chi connectivity index (χ0n) is 37.8. The number of rotatable bonds is 11. The van der Waals surface area contributed by atoms with E-state index in [9.17, 15) is 29.4 Å². The SMILES string of the molecule is CC(C)C1=C2[C@H]3CC[C@@H]4[C@@]5(C)CC[C@H](OC(=O)[C@H]6C[C@@H](C(=O)O)C6(C)C)C(C)(C)[C@@H]5CC[C@@]4(C)[C@]3(C)CC[C@@]2([C@@H](O)CNCC(C)(C)NC(=O)c2cccnc2)CC1=O. The van der Waals surface area contributed by atoms with Crippen LogP contribution in [-0.4, -0.2) is 69.7 Å². The fraction of sp³-hybridized carbons (Fsp3) is 0.776. The van der Waals surface area contributed by atoms with Gasteiger partial charge in [-0.2, -0.15) is 0 Å². The van der Waals surface area contributed by atoms with Crippen molar-refractivity contribution in [3.05, 3.63) is 41.2 Å². The minimum absolute atomic E-state index is 0.0230. The van der Waals surface area contributed by atoms with Crippen molar-refractivity contribution >= 4 is 23.6 Å².